The minimum absolute atomic E-state index is 0.0410. The van der Waals surface area contributed by atoms with E-state index in [4.69, 9.17) is 19.9 Å². The lowest BCUT2D eigenvalue weighted by Crippen LogP contribution is -2.55. The van der Waals surface area contributed by atoms with Gasteiger partial charge >= 0.3 is 0 Å². The molecule has 174 valence electrons. The summed E-state index contributed by atoms with van der Waals surface area (Å²) >= 11 is 0. The maximum atomic E-state index is 13.3. The first-order valence-electron chi connectivity index (χ1n) is 11.6. The molecule has 3 aromatic heterocycles. The third-order valence-electron chi connectivity index (χ3n) is 6.92. The molecule has 0 spiro atoms. The summed E-state index contributed by atoms with van der Waals surface area (Å²) in [6.07, 6.45) is 6.75. The smallest absolute Gasteiger partial charge is 0.185 e. The number of carbonyl (C=O) groups excluding carboxylic acids is 1. The number of aliphatic hydroxyl groups excluding tert-OH is 1. The van der Waals surface area contributed by atoms with Gasteiger partial charge in [-0.25, -0.2) is 4.98 Å². The zero-order chi connectivity index (χ0) is 22.9. The molecule has 3 N–H and O–H groups in total. The van der Waals surface area contributed by atoms with Crippen LogP contribution in [0.3, 0.4) is 0 Å². The molecule has 0 aromatic carbocycles. The number of nitrogens with zero attached hydrogens (tertiary/aromatic N) is 3. The van der Waals surface area contributed by atoms with Crippen LogP contribution in [0.1, 0.15) is 47.3 Å². The first-order chi connectivity index (χ1) is 16.0. The molecule has 33 heavy (non-hydrogen) atoms. The van der Waals surface area contributed by atoms with Crippen LogP contribution in [0.15, 0.2) is 41.3 Å². The molecule has 2 fully saturated rings. The van der Waals surface area contributed by atoms with E-state index < -0.39 is 6.10 Å². The number of pyridine rings is 2. The maximum Gasteiger partial charge on any atom is 0.185 e. The third kappa shape index (κ3) is 4.38. The summed E-state index contributed by atoms with van der Waals surface area (Å²) in [5.74, 6) is 0.308. The summed E-state index contributed by atoms with van der Waals surface area (Å²) in [6.45, 7) is 4.66. The van der Waals surface area contributed by atoms with Gasteiger partial charge in [-0.15, -0.1) is 0 Å². The van der Waals surface area contributed by atoms with E-state index in [0.29, 0.717) is 30.3 Å². The molecule has 0 aliphatic carbocycles. The number of hydrogen-bond acceptors (Lipinski definition) is 8. The maximum absolute atomic E-state index is 13.3. The van der Waals surface area contributed by atoms with Crippen molar-refractivity contribution in [2.75, 3.05) is 31.2 Å². The summed E-state index contributed by atoms with van der Waals surface area (Å²) in [7, 11) is 0. The van der Waals surface area contributed by atoms with Crippen molar-refractivity contribution in [2.45, 2.75) is 44.2 Å². The summed E-state index contributed by atoms with van der Waals surface area (Å²) in [4.78, 5) is 24.4. The van der Waals surface area contributed by atoms with Gasteiger partial charge < -0.3 is 24.9 Å². The number of anilines is 1. The van der Waals surface area contributed by atoms with Crippen LogP contribution < -0.4 is 10.6 Å². The van der Waals surface area contributed by atoms with Crippen molar-refractivity contribution < 1.29 is 19.1 Å². The van der Waals surface area contributed by atoms with Crippen molar-refractivity contribution in [2.24, 2.45) is 11.7 Å². The number of piperidine rings is 1. The van der Waals surface area contributed by atoms with E-state index in [9.17, 15) is 9.90 Å². The number of Topliss-reactive ketones (excluding diaryl/α,β-unsaturated/α-hetero) is 1. The molecule has 8 nitrogen and oxygen atoms in total. The molecule has 3 aromatic rings. The van der Waals surface area contributed by atoms with E-state index in [1.807, 2.05) is 19.1 Å². The summed E-state index contributed by atoms with van der Waals surface area (Å²) in [5.41, 5.74) is 10.9. The zero-order valence-electron chi connectivity index (χ0n) is 18.8. The highest BCUT2D eigenvalue weighted by Crippen LogP contribution is 2.33. The van der Waals surface area contributed by atoms with E-state index in [0.717, 1.165) is 48.4 Å². The first-order valence-corrected chi connectivity index (χ1v) is 11.6. The fourth-order valence-electron chi connectivity index (χ4n) is 5.02. The van der Waals surface area contributed by atoms with Gasteiger partial charge in [-0.3, -0.25) is 9.78 Å². The Morgan fingerprint density at radius 2 is 2.06 bits per heavy atom. The Hall–Kier alpha value is -2.81. The number of aromatic nitrogens is 2. The molecule has 5 rings (SSSR count). The van der Waals surface area contributed by atoms with Crippen LogP contribution in [0.25, 0.3) is 11.1 Å². The van der Waals surface area contributed by atoms with Gasteiger partial charge in [0, 0.05) is 73.9 Å². The van der Waals surface area contributed by atoms with Crippen molar-refractivity contribution in [1.82, 2.24) is 9.97 Å². The molecule has 0 unspecified atom stereocenters. The summed E-state index contributed by atoms with van der Waals surface area (Å²) in [5, 5.41) is 10.2. The Balaban J connectivity index is 1.39. The highest BCUT2D eigenvalue weighted by Gasteiger charge is 2.32. The minimum atomic E-state index is -0.524. The lowest BCUT2D eigenvalue weighted by molar-refractivity contribution is 0.0784. The molecule has 0 radical (unpaired) electrons. The van der Waals surface area contributed by atoms with Crippen LogP contribution >= 0.6 is 0 Å². The van der Waals surface area contributed by atoms with Gasteiger partial charge in [-0.05, 0) is 37.0 Å². The van der Waals surface area contributed by atoms with Crippen molar-refractivity contribution in [3.05, 3.63) is 53.7 Å². The Labute approximate surface area is 192 Å². The molecule has 8 heteroatoms. The van der Waals surface area contributed by atoms with Crippen molar-refractivity contribution in [3.63, 3.8) is 0 Å². The molecule has 2 aliphatic rings. The molecule has 3 atom stereocenters. The lowest BCUT2D eigenvalue weighted by atomic mass is 9.92. The first kappa shape index (κ1) is 22.0. The van der Waals surface area contributed by atoms with E-state index in [-0.39, 0.29) is 24.2 Å². The van der Waals surface area contributed by atoms with Crippen molar-refractivity contribution in [3.8, 4) is 0 Å². The molecule has 0 amide bonds. The molecule has 5 heterocycles. The predicted octanol–water partition coefficient (Wildman–Crippen LogP) is 2.69. The Kier molecular flexibility index (Phi) is 6.14. The van der Waals surface area contributed by atoms with E-state index >= 15 is 0 Å². The van der Waals surface area contributed by atoms with E-state index in [2.05, 4.69) is 9.88 Å². The normalized spacial score (nSPS) is 24.3. The Morgan fingerprint density at radius 1 is 1.24 bits per heavy atom. The fraction of sp³-hybridized carbons (Fsp3) is 0.480. The number of ether oxygens (including phenoxy) is 1. The van der Waals surface area contributed by atoms with Gasteiger partial charge in [0.25, 0.3) is 0 Å². The monoisotopic (exact) mass is 450 g/mol. The van der Waals surface area contributed by atoms with Gasteiger partial charge in [-0.1, -0.05) is 6.92 Å². The van der Waals surface area contributed by atoms with Crippen molar-refractivity contribution >= 4 is 22.6 Å². The van der Waals surface area contributed by atoms with Gasteiger partial charge in [0.2, 0.25) is 0 Å². The van der Waals surface area contributed by atoms with Crippen LogP contribution in [0.2, 0.25) is 0 Å². The third-order valence-corrected chi connectivity index (χ3v) is 6.92. The molecule has 2 aliphatic heterocycles. The fourth-order valence-corrected chi connectivity index (χ4v) is 5.02. The van der Waals surface area contributed by atoms with Gasteiger partial charge in [0.05, 0.1) is 12.4 Å². The summed E-state index contributed by atoms with van der Waals surface area (Å²) in [6, 6.07) is 5.14. The highest BCUT2D eigenvalue weighted by molar-refractivity contribution is 5.98. The quantitative estimate of drug-likeness (QED) is 0.570. The number of fused-ring (bicyclic) bond motifs is 1. The standard InChI is InChI=1S/C25H30N4O4/c1-15-12-29(13-19(26)25(15)31)21-4-7-27-11-17(21)10-22(30)20-2-3-23-24(28-20)18(14-33-23)16-5-8-32-9-6-16/h2-4,7,11,14-16,19,25,31H,5-6,8-10,12-13,26H2,1H3/t15-,19+,25+/m0/s1. The SMILES string of the molecule is C[C@H]1CN(c2ccncc2CC(=O)c2ccc3occ(C4CCOCC4)c3n2)C[C@@H](N)[C@@H]1O. The number of carbonyl (C=O) groups is 1. The van der Waals surface area contributed by atoms with Crippen LogP contribution in [0, 0.1) is 5.92 Å². The zero-order valence-corrected chi connectivity index (χ0v) is 18.8. The molecule has 0 bridgehead atoms. The van der Waals surface area contributed by atoms with Crippen LogP contribution in [0.4, 0.5) is 5.69 Å². The van der Waals surface area contributed by atoms with E-state index in [1.54, 1.807) is 24.7 Å². The van der Waals surface area contributed by atoms with Crippen LogP contribution in [0.5, 0.6) is 0 Å². The number of ketones is 1. The van der Waals surface area contributed by atoms with Gasteiger partial charge in [-0.2, -0.15) is 0 Å². The second-order valence-corrected chi connectivity index (χ2v) is 9.26. The Bertz CT molecular complexity index is 1130. The second kappa shape index (κ2) is 9.21. The van der Waals surface area contributed by atoms with E-state index in [1.165, 1.54) is 0 Å². The van der Waals surface area contributed by atoms with Crippen molar-refractivity contribution in [1.29, 1.82) is 0 Å². The molecular formula is C25H30N4O4. The summed E-state index contributed by atoms with van der Waals surface area (Å²) < 4.78 is 11.2. The average molecular weight is 451 g/mol. The predicted molar refractivity (Wildman–Crippen MR) is 124 cm³/mol. The number of rotatable bonds is 5. The van der Waals surface area contributed by atoms with Crippen LogP contribution in [-0.2, 0) is 11.2 Å². The van der Waals surface area contributed by atoms with Gasteiger partial charge in [0.15, 0.2) is 11.4 Å². The lowest BCUT2D eigenvalue weighted by Gasteiger charge is -2.40. The Morgan fingerprint density at radius 3 is 2.85 bits per heavy atom. The largest absolute Gasteiger partial charge is 0.462 e. The highest BCUT2D eigenvalue weighted by atomic mass is 16.5. The molecule has 0 saturated carbocycles. The second-order valence-electron chi connectivity index (χ2n) is 9.26. The topological polar surface area (TPSA) is 115 Å². The average Bonchev–Trinajstić information content (AvgIpc) is 3.26. The number of nitrogens with two attached hydrogens (primary N) is 1. The molecule has 2 saturated heterocycles. The number of aliphatic hydroxyl groups is 1. The number of furan rings is 1. The van der Waals surface area contributed by atoms with Gasteiger partial charge in [0.1, 0.15) is 11.2 Å². The van der Waals surface area contributed by atoms with Crippen LogP contribution in [-0.4, -0.2) is 59.3 Å². The minimum Gasteiger partial charge on any atom is -0.462 e. The number of hydrogen-bond donors (Lipinski definition) is 2. The molecular weight excluding hydrogens is 420 g/mol.